The van der Waals surface area contributed by atoms with Crippen LogP contribution in [0, 0.1) is 0 Å². The van der Waals surface area contributed by atoms with Crippen molar-refractivity contribution in [1.82, 2.24) is 25.4 Å². The Kier molecular flexibility index (Phi) is 4.58. The van der Waals surface area contributed by atoms with E-state index in [2.05, 4.69) is 20.7 Å². The largest absolute Gasteiger partial charge is 0.354 e. The summed E-state index contributed by atoms with van der Waals surface area (Å²) in [6.45, 7) is 2.28. The van der Waals surface area contributed by atoms with Gasteiger partial charge in [0.1, 0.15) is 5.69 Å². The lowest BCUT2D eigenvalue weighted by Gasteiger charge is -2.05. The average Bonchev–Trinajstić information content (AvgIpc) is 3.17. The first-order valence-electron chi connectivity index (χ1n) is 8.98. The summed E-state index contributed by atoms with van der Waals surface area (Å²) in [5.74, 6) is -0.0825. The number of amides is 1. The summed E-state index contributed by atoms with van der Waals surface area (Å²) in [6.07, 6.45) is 4.03. The summed E-state index contributed by atoms with van der Waals surface area (Å²) in [5.41, 5.74) is 5.95. The summed E-state index contributed by atoms with van der Waals surface area (Å²) in [4.78, 5) is 15.9. The normalized spacial score (nSPS) is 13.9. The highest BCUT2D eigenvalue weighted by molar-refractivity contribution is 5.92. The van der Waals surface area contributed by atoms with E-state index in [1.54, 1.807) is 4.68 Å². The molecule has 0 bridgehead atoms. The zero-order valence-electron chi connectivity index (χ0n) is 14.9. The molecular weight excluding hydrogens is 326 g/mol. The summed E-state index contributed by atoms with van der Waals surface area (Å²) in [6, 6.07) is 12.0. The van der Waals surface area contributed by atoms with Crippen LogP contribution in [0.4, 0.5) is 0 Å². The van der Waals surface area contributed by atoms with Crippen molar-refractivity contribution in [1.29, 1.82) is 0 Å². The molecule has 0 saturated heterocycles. The molecule has 1 aromatic carbocycles. The fourth-order valence-electron chi connectivity index (χ4n) is 3.43. The van der Waals surface area contributed by atoms with E-state index >= 15 is 0 Å². The number of carbonyl (C=O) groups is 1. The van der Waals surface area contributed by atoms with Crippen LogP contribution in [-0.2, 0) is 26.6 Å². The number of benzene rings is 1. The van der Waals surface area contributed by atoms with E-state index in [-0.39, 0.29) is 5.91 Å². The number of fused-ring (bicyclic) bond motifs is 1. The third-order valence-electron chi connectivity index (χ3n) is 4.72. The molecule has 0 radical (unpaired) electrons. The van der Waals surface area contributed by atoms with E-state index in [1.807, 2.05) is 49.6 Å². The Morgan fingerprint density at radius 3 is 3.00 bits per heavy atom. The van der Waals surface area contributed by atoms with Gasteiger partial charge in [0, 0.05) is 43.2 Å². The quantitative estimate of drug-likeness (QED) is 0.677. The lowest BCUT2D eigenvalue weighted by molar-refractivity contribution is 0.0946. The maximum atomic E-state index is 12.6. The van der Waals surface area contributed by atoms with E-state index in [0.717, 1.165) is 42.8 Å². The minimum Gasteiger partial charge on any atom is -0.354 e. The number of aromatic nitrogens is 3. The number of hydrogen-bond acceptors (Lipinski definition) is 3. The van der Waals surface area contributed by atoms with Crippen molar-refractivity contribution in [2.75, 3.05) is 6.54 Å². The van der Waals surface area contributed by atoms with Crippen LogP contribution < -0.4 is 10.6 Å². The molecule has 0 atom stereocenters. The number of hydrogen-bond donors (Lipinski definition) is 3. The van der Waals surface area contributed by atoms with E-state index < -0.39 is 0 Å². The molecule has 0 unspecified atom stereocenters. The Morgan fingerprint density at radius 2 is 2.15 bits per heavy atom. The molecule has 2 aromatic heterocycles. The van der Waals surface area contributed by atoms with E-state index in [0.29, 0.717) is 12.2 Å². The number of nitrogens with zero attached hydrogens (tertiary/aromatic N) is 2. The van der Waals surface area contributed by atoms with E-state index in [1.165, 1.54) is 11.3 Å². The highest BCUT2D eigenvalue weighted by Gasteiger charge is 2.16. The van der Waals surface area contributed by atoms with Gasteiger partial charge in [-0.3, -0.25) is 9.48 Å². The molecule has 0 spiro atoms. The van der Waals surface area contributed by atoms with Crippen LogP contribution in [0.1, 0.15) is 33.7 Å². The van der Waals surface area contributed by atoms with Gasteiger partial charge in [-0.1, -0.05) is 30.3 Å². The molecule has 26 heavy (non-hydrogen) atoms. The van der Waals surface area contributed by atoms with Crippen LogP contribution in [0.3, 0.4) is 0 Å². The van der Waals surface area contributed by atoms with Gasteiger partial charge < -0.3 is 15.6 Å². The third kappa shape index (κ3) is 3.41. The van der Waals surface area contributed by atoms with Crippen molar-refractivity contribution < 1.29 is 4.79 Å². The zero-order chi connectivity index (χ0) is 17.9. The first-order chi connectivity index (χ1) is 12.7. The van der Waals surface area contributed by atoms with Gasteiger partial charge >= 0.3 is 0 Å². The molecule has 4 rings (SSSR count). The molecule has 6 heteroatoms. The highest BCUT2D eigenvalue weighted by Crippen LogP contribution is 2.21. The van der Waals surface area contributed by atoms with E-state index in [9.17, 15) is 4.79 Å². The van der Waals surface area contributed by atoms with Gasteiger partial charge in [-0.2, -0.15) is 5.10 Å². The van der Waals surface area contributed by atoms with Crippen molar-refractivity contribution in [3.63, 3.8) is 0 Å². The minimum atomic E-state index is -0.0825. The highest BCUT2D eigenvalue weighted by atomic mass is 16.1. The molecular formula is C20H23N5O. The predicted molar refractivity (Wildman–Crippen MR) is 101 cm³/mol. The zero-order valence-corrected chi connectivity index (χ0v) is 14.9. The number of rotatable bonds is 4. The summed E-state index contributed by atoms with van der Waals surface area (Å²) in [7, 11) is 1.90. The number of aryl methyl sites for hydroxylation is 2. The maximum Gasteiger partial charge on any atom is 0.267 e. The fourth-order valence-corrected chi connectivity index (χ4v) is 3.43. The van der Waals surface area contributed by atoms with Gasteiger partial charge in [0.05, 0.1) is 5.69 Å². The Balaban J connectivity index is 1.49. The fraction of sp³-hybridized carbons (Fsp3) is 0.300. The van der Waals surface area contributed by atoms with E-state index in [4.69, 9.17) is 0 Å². The Labute approximate surface area is 152 Å². The maximum absolute atomic E-state index is 12.6. The lowest BCUT2D eigenvalue weighted by atomic mass is 10.1. The van der Waals surface area contributed by atoms with Crippen LogP contribution in [0.25, 0.3) is 11.3 Å². The molecule has 6 nitrogen and oxygen atoms in total. The topological polar surface area (TPSA) is 74.7 Å². The number of aromatic amines is 1. The number of carbonyl (C=O) groups excluding carboxylic acids is 1. The van der Waals surface area contributed by atoms with Crippen LogP contribution in [0.5, 0.6) is 0 Å². The Bertz CT molecular complexity index is 886. The Hall–Kier alpha value is -2.86. The molecule has 0 fully saturated rings. The van der Waals surface area contributed by atoms with Crippen LogP contribution in [0.2, 0.25) is 0 Å². The molecule has 1 aliphatic rings. The molecule has 0 aliphatic carbocycles. The van der Waals surface area contributed by atoms with Gasteiger partial charge in [0.25, 0.3) is 5.91 Å². The second kappa shape index (κ2) is 7.17. The van der Waals surface area contributed by atoms with Gasteiger partial charge in [-0.05, 0) is 31.0 Å². The van der Waals surface area contributed by atoms with Gasteiger partial charge in [0.2, 0.25) is 0 Å². The minimum absolute atomic E-state index is 0.0825. The monoisotopic (exact) mass is 349 g/mol. The summed E-state index contributed by atoms with van der Waals surface area (Å²) in [5, 5.41) is 10.9. The first kappa shape index (κ1) is 16.6. The molecule has 1 amide bonds. The second-order valence-corrected chi connectivity index (χ2v) is 6.69. The van der Waals surface area contributed by atoms with Gasteiger partial charge in [-0.15, -0.1) is 0 Å². The summed E-state index contributed by atoms with van der Waals surface area (Å²) >= 11 is 0. The van der Waals surface area contributed by atoms with Crippen molar-refractivity contribution in [2.45, 2.75) is 25.9 Å². The van der Waals surface area contributed by atoms with Crippen LogP contribution in [0.15, 0.2) is 42.6 Å². The summed E-state index contributed by atoms with van der Waals surface area (Å²) < 4.78 is 1.78. The van der Waals surface area contributed by atoms with Crippen LogP contribution >= 0.6 is 0 Å². The number of nitrogens with one attached hydrogen (secondary N) is 3. The SMILES string of the molecule is Cn1cc(CNC(=O)c2cc3c([nH]2)CCCNC3)c(-c2ccccc2)n1. The van der Waals surface area contributed by atoms with Crippen molar-refractivity contribution in [2.24, 2.45) is 7.05 Å². The molecule has 134 valence electrons. The molecule has 3 aromatic rings. The smallest absolute Gasteiger partial charge is 0.267 e. The van der Waals surface area contributed by atoms with Gasteiger partial charge in [0.15, 0.2) is 0 Å². The standard InChI is InChI=1S/C20H23N5O/c1-25-13-16(19(24-25)14-6-3-2-4-7-14)12-22-20(26)18-10-15-11-21-9-5-8-17(15)23-18/h2-4,6-7,10,13,21,23H,5,8-9,11-12H2,1H3,(H,22,26). The average molecular weight is 349 g/mol. The molecule has 0 saturated carbocycles. The van der Waals surface area contributed by atoms with Crippen LogP contribution in [-0.4, -0.2) is 27.2 Å². The van der Waals surface area contributed by atoms with Crippen molar-refractivity contribution in [3.05, 3.63) is 65.1 Å². The van der Waals surface area contributed by atoms with Gasteiger partial charge in [-0.25, -0.2) is 0 Å². The predicted octanol–water partition coefficient (Wildman–Crippen LogP) is 2.38. The molecule has 1 aliphatic heterocycles. The number of H-pyrrole nitrogens is 1. The van der Waals surface area contributed by atoms with Crippen molar-refractivity contribution >= 4 is 5.91 Å². The second-order valence-electron chi connectivity index (χ2n) is 6.69. The molecule has 3 heterocycles. The third-order valence-corrected chi connectivity index (χ3v) is 4.72. The first-order valence-corrected chi connectivity index (χ1v) is 8.98. The van der Waals surface area contributed by atoms with Crippen molar-refractivity contribution in [3.8, 4) is 11.3 Å². The lowest BCUT2D eigenvalue weighted by Crippen LogP contribution is -2.23. The molecule has 3 N–H and O–H groups in total. The Morgan fingerprint density at radius 1 is 1.31 bits per heavy atom.